The number of nitrogens with one attached hydrogen (secondary N) is 1. The largest absolute Gasteiger partial charge is 0.308 e. The summed E-state index contributed by atoms with van der Waals surface area (Å²) in [4.78, 5) is 24.5. The second-order valence-corrected chi connectivity index (χ2v) is 8.85. The van der Waals surface area contributed by atoms with Gasteiger partial charge in [-0.2, -0.15) is 0 Å². The van der Waals surface area contributed by atoms with Gasteiger partial charge in [-0.05, 0) is 20.8 Å². The first-order valence-electron chi connectivity index (χ1n) is 7.47. The monoisotopic (exact) mass is 283 g/mol. The minimum absolute atomic E-state index is 0.0894. The number of ketones is 2. The highest BCUT2D eigenvalue weighted by Crippen LogP contribution is 2.23. The molecule has 0 aromatic heterocycles. The molecule has 0 atom stereocenters. The Kier molecular flexibility index (Phi) is 6.16. The Morgan fingerprint density at radius 1 is 0.750 bits per heavy atom. The second kappa shape index (κ2) is 6.38. The second-order valence-electron chi connectivity index (χ2n) is 8.85. The fourth-order valence-corrected chi connectivity index (χ4v) is 1.85. The van der Waals surface area contributed by atoms with Crippen molar-refractivity contribution in [1.29, 1.82) is 0 Å². The van der Waals surface area contributed by atoms with Crippen LogP contribution in [-0.4, -0.2) is 23.1 Å². The maximum Gasteiger partial charge on any atom is 0.139 e. The summed E-state index contributed by atoms with van der Waals surface area (Å²) in [5.41, 5.74) is -0.827. The van der Waals surface area contributed by atoms with E-state index in [1.54, 1.807) is 0 Å². The SMILES string of the molecule is CC(C)(C)NC(CC(=O)C(C)(C)C)CC(=O)C(C)(C)C. The van der Waals surface area contributed by atoms with Crippen LogP contribution in [-0.2, 0) is 9.59 Å². The normalized spacial score (nSPS) is 13.7. The number of carbonyl (C=O) groups is 2. The molecule has 0 radical (unpaired) electrons. The van der Waals surface area contributed by atoms with E-state index in [4.69, 9.17) is 0 Å². The summed E-state index contributed by atoms with van der Waals surface area (Å²) in [5, 5.41) is 3.42. The van der Waals surface area contributed by atoms with Gasteiger partial charge in [0.1, 0.15) is 11.6 Å². The third-order valence-corrected chi connectivity index (χ3v) is 3.17. The van der Waals surface area contributed by atoms with Gasteiger partial charge in [-0.1, -0.05) is 41.5 Å². The molecule has 0 rings (SSSR count). The molecule has 0 amide bonds. The third-order valence-electron chi connectivity index (χ3n) is 3.17. The number of hydrogen-bond acceptors (Lipinski definition) is 3. The maximum atomic E-state index is 12.2. The Balaban J connectivity index is 4.93. The lowest BCUT2D eigenvalue weighted by Crippen LogP contribution is -2.47. The minimum Gasteiger partial charge on any atom is -0.308 e. The first-order valence-corrected chi connectivity index (χ1v) is 7.47. The van der Waals surface area contributed by atoms with Crippen LogP contribution in [0.1, 0.15) is 75.2 Å². The number of hydrogen-bond donors (Lipinski definition) is 1. The molecule has 0 fully saturated rings. The molecule has 0 aliphatic carbocycles. The molecule has 0 aliphatic rings. The summed E-state index contributed by atoms with van der Waals surface area (Å²) >= 11 is 0. The first kappa shape index (κ1) is 19.3. The molecule has 0 aliphatic heterocycles. The lowest BCUT2D eigenvalue weighted by Gasteiger charge is -2.31. The highest BCUT2D eigenvalue weighted by molar-refractivity contribution is 5.87. The van der Waals surface area contributed by atoms with Gasteiger partial charge in [0.05, 0.1) is 0 Å². The van der Waals surface area contributed by atoms with Crippen LogP contribution in [0.15, 0.2) is 0 Å². The number of Topliss-reactive ketones (excluding diaryl/α,β-unsaturated/α-hetero) is 2. The molecule has 1 N–H and O–H groups in total. The van der Waals surface area contributed by atoms with Crippen LogP contribution in [0, 0.1) is 10.8 Å². The first-order chi connectivity index (χ1) is 8.63. The highest BCUT2D eigenvalue weighted by atomic mass is 16.1. The average molecular weight is 283 g/mol. The maximum absolute atomic E-state index is 12.2. The van der Waals surface area contributed by atoms with E-state index in [0.717, 1.165) is 0 Å². The molecule has 3 heteroatoms. The molecule has 0 saturated heterocycles. The highest BCUT2D eigenvalue weighted by Gasteiger charge is 2.30. The molecule has 118 valence electrons. The van der Waals surface area contributed by atoms with Crippen molar-refractivity contribution >= 4 is 11.6 Å². The van der Waals surface area contributed by atoms with E-state index in [1.807, 2.05) is 41.5 Å². The molecule has 0 unspecified atom stereocenters. The predicted molar refractivity (Wildman–Crippen MR) is 84.8 cm³/mol. The zero-order valence-corrected chi connectivity index (χ0v) is 14.8. The van der Waals surface area contributed by atoms with Gasteiger partial charge in [0, 0.05) is 35.3 Å². The van der Waals surface area contributed by atoms with Crippen LogP contribution in [0.5, 0.6) is 0 Å². The van der Waals surface area contributed by atoms with E-state index >= 15 is 0 Å². The van der Waals surface area contributed by atoms with E-state index < -0.39 is 0 Å². The summed E-state index contributed by atoms with van der Waals surface area (Å²) in [6, 6.07) is -0.0894. The number of carbonyl (C=O) groups excluding carboxylic acids is 2. The van der Waals surface area contributed by atoms with Crippen molar-refractivity contribution in [2.75, 3.05) is 0 Å². The van der Waals surface area contributed by atoms with Gasteiger partial charge in [0.25, 0.3) is 0 Å². The zero-order chi connectivity index (χ0) is 16.4. The molecule has 20 heavy (non-hydrogen) atoms. The Morgan fingerprint density at radius 2 is 1.05 bits per heavy atom. The minimum atomic E-state index is -0.359. The smallest absolute Gasteiger partial charge is 0.139 e. The van der Waals surface area contributed by atoms with Crippen molar-refractivity contribution in [2.45, 2.75) is 86.7 Å². The van der Waals surface area contributed by atoms with Crippen LogP contribution in [0.3, 0.4) is 0 Å². The molecule has 0 bridgehead atoms. The summed E-state index contributed by atoms with van der Waals surface area (Å²) in [6.45, 7) is 17.7. The molecule has 3 nitrogen and oxygen atoms in total. The fourth-order valence-electron chi connectivity index (χ4n) is 1.85. The van der Waals surface area contributed by atoms with E-state index in [2.05, 4.69) is 26.1 Å². The van der Waals surface area contributed by atoms with Crippen LogP contribution in [0.25, 0.3) is 0 Å². The van der Waals surface area contributed by atoms with Gasteiger partial charge < -0.3 is 5.32 Å². The molecule has 0 aromatic rings. The standard InChI is InChI=1S/C17H33NO2/c1-15(2,3)13(19)10-12(18-17(7,8)9)11-14(20)16(4,5)6/h12,18H,10-11H2,1-9H3. The van der Waals surface area contributed by atoms with E-state index in [1.165, 1.54) is 0 Å². The van der Waals surface area contributed by atoms with Gasteiger partial charge in [0.15, 0.2) is 0 Å². The predicted octanol–water partition coefficient (Wildman–Crippen LogP) is 3.75. The van der Waals surface area contributed by atoms with Crippen molar-refractivity contribution < 1.29 is 9.59 Å². The van der Waals surface area contributed by atoms with E-state index in [9.17, 15) is 9.59 Å². The van der Waals surface area contributed by atoms with Gasteiger partial charge in [-0.3, -0.25) is 9.59 Å². The van der Waals surface area contributed by atoms with Crippen LogP contribution < -0.4 is 5.32 Å². The molecule has 0 saturated carbocycles. The molecule has 0 heterocycles. The Hall–Kier alpha value is -0.700. The van der Waals surface area contributed by atoms with Crippen molar-refractivity contribution in [3.63, 3.8) is 0 Å². The Labute approximate surface area is 124 Å². The molecular weight excluding hydrogens is 250 g/mol. The molecule has 0 aromatic carbocycles. The van der Waals surface area contributed by atoms with Crippen molar-refractivity contribution in [3.8, 4) is 0 Å². The van der Waals surface area contributed by atoms with Gasteiger partial charge in [-0.15, -0.1) is 0 Å². The Morgan fingerprint density at radius 3 is 1.25 bits per heavy atom. The summed E-state index contributed by atoms with van der Waals surface area (Å²) in [7, 11) is 0. The summed E-state index contributed by atoms with van der Waals surface area (Å²) in [6.07, 6.45) is 0.811. The summed E-state index contributed by atoms with van der Waals surface area (Å²) in [5.74, 6) is 0.391. The molecule has 0 spiro atoms. The zero-order valence-electron chi connectivity index (χ0n) is 14.8. The fraction of sp³-hybridized carbons (Fsp3) is 0.882. The average Bonchev–Trinajstić information content (AvgIpc) is 2.11. The van der Waals surface area contributed by atoms with Crippen LogP contribution in [0.4, 0.5) is 0 Å². The lowest BCUT2D eigenvalue weighted by molar-refractivity contribution is -0.128. The lowest BCUT2D eigenvalue weighted by atomic mass is 9.82. The van der Waals surface area contributed by atoms with Crippen molar-refractivity contribution in [1.82, 2.24) is 5.32 Å². The van der Waals surface area contributed by atoms with Gasteiger partial charge in [-0.25, -0.2) is 0 Å². The topological polar surface area (TPSA) is 46.2 Å². The van der Waals surface area contributed by atoms with E-state index in [-0.39, 0.29) is 34.0 Å². The summed E-state index contributed by atoms with van der Waals surface area (Å²) < 4.78 is 0. The quantitative estimate of drug-likeness (QED) is 0.835. The van der Waals surface area contributed by atoms with Crippen molar-refractivity contribution in [2.24, 2.45) is 10.8 Å². The van der Waals surface area contributed by atoms with Gasteiger partial charge in [0.2, 0.25) is 0 Å². The number of rotatable bonds is 5. The van der Waals surface area contributed by atoms with E-state index in [0.29, 0.717) is 12.8 Å². The van der Waals surface area contributed by atoms with Crippen LogP contribution in [0.2, 0.25) is 0 Å². The molecular formula is C17H33NO2. The van der Waals surface area contributed by atoms with Gasteiger partial charge >= 0.3 is 0 Å². The Bertz CT molecular complexity index is 323. The van der Waals surface area contributed by atoms with Crippen molar-refractivity contribution in [3.05, 3.63) is 0 Å². The van der Waals surface area contributed by atoms with Crippen LogP contribution >= 0.6 is 0 Å². The third kappa shape index (κ3) is 7.78.